The SMILES string of the molecule is C=CCc1cc(C(=O)N2CCCC(CNC)C2)cc(OC)c1OC.Cl. The number of piperidine rings is 1. The van der Waals surface area contributed by atoms with Gasteiger partial charge in [-0.3, -0.25) is 4.79 Å². The van der Waals surface area contributed by atoms with Crippen LogP contribution >= 0.6 is 12.4 Å². The molecule has 1 aliphatic heterocycles. The molecule has 1 N–H and O–H groups in total. The molecule has 1 aromatic carbocycles. The molecule has 0 bridgehead atoms. The van der Waals surface area contributed by atoms with Crippen LogP contribution in [0.2, 0.25) is 0 Å². The number of likely N-dealkylation sites (tertiary alicyclic amines) is 1. The Morgan fingerprint density at radius 1 is 1.40 bits per heavy atom. The maximum Gasteiger partial charge on any atom is 0.254 e. The summed E-state index contributed by atoms with van der Waals surface area (Å²) in [4.78, 5) is 14.9. The van der Waals surface area contributed by atoms with Gasteiger partial charge in [-0.15, -0.1) is 19.0 Å². The average Bonchev–Trinajstić information content (AvgIpc) is 2.61. The lowest BCUT2D eigenvalue weighted by Crippen LogP contribution is -2.42. The molecular formula is C19H29ClN2O3. The molecule has 0 aliphatic carbocycles. The number of amides is 1. The molecular weight excluding hydrogens is 340 g/mol. The Hall–Kier alpha value is -1.72. The second kappa shape index (κ2) is 10.3. The molecule has 25 heavy (non-hydrogen) atoms. The Bertz CT molecular complexity index is 590. The zero-order valence-corrected chi connectivity index (χ0v) is 16.2. The predicted molar refractivity (Wildman–Crippen MR) is 103 cm³/mol. The van der Waals surface area contributed by atoms with Gasteiger partial charge in [-0.1, -0.05) is 6.08 Å². The van der Waals surface area contributed by atoms with Crippen LogP contribution in [-0.4, -0.2) is 51.7 Å². The number of hydrogen-bond donors (Lipinski definition) is 1. The molecule has 1 fully saturated rings. The van der Waals surface area contributed by atoms with E-state index in [1.165, 1.54) is 0 Å². The lowest BCUT2D eigenvalue weighted by Gasteiger charge is -2.33. The van der Waals surface area contributed by atoms with E-state index in [1.807, 2.05) is 18.0 Å². The lowest BCUT2D eigenvalue weighted by atomic mass is 9.97. The first-order chi connectivity index (χ1) is 11.6. The molecule has 1 aromatic rings. The minimum Gasteiger partial charge on any atom is -0.493 e. The third kappa shape index (κ3) is 5.13. The normalized spacial score (nSPS) is 16.8. The molecule has 0 spiro atoms. The van der Waals surface area contributed by atoms with Crippen LogP contribution in [0.1, 0.15) is 28.8 Å². The van der Waals surface area contributed by atoms with Crippen LogP contribution in [0.4, 0.5) is 0 Å². The molecule has 1 atom stereocenters. The molecule has 0 aromatic heterocycles. The van der Waals surface area contributed by atoms with E-state index in [0.29, 0.717) is 29.4 Å². The quantitative estimate of drug-likeness (QED) is 0.752. The van der Waals surface area contributed by atoms with Crippen LogP contribution < -0.4 is 14.8 Å². The molecule has 140 valence electrons. The van der Waals surface area contributed by atoms with Gasteiger partial charge in [0.1, 0.15) is 0 Å². The molecule has 5 nitrogen and oxygen atoms in total. The molecule has 6 heteroatoms. The number of carbonyl (C=O) groups is 1. The standard InChI is InChI=1S/C19H28N2O3.ClH/c1-5-7-15-10-16(11-17(23-3)18(15)24-4)19(22)21-9-6-8-14(13-21)12-20-2;/h5,10-11,14,20H,1,6-9,12-13H2,2-4H3;1H. The first-order valence-electron chi connectivity index (χ1n) is 8.44. The maximum atomic E-state index is 13.0. The smallest absolute Gasteiger partial charge is 0.254 e. The summed E-state index contributed by atoms with van der Waals surface area (Å²) >= 11 is 0. The molecule has 1 heterocycles. The van der Waals surface area contributed by atoms with Crippen molar-refractivity contribution in [1.82, 2.24) is 10.2 Å². The summed E-state index contributed by atoms with van der Waals surface area (Å²) < 4.78 is 10.9. The number of nitrogens with one attached hydrogen (secondary N) is 1. The van der Waals surface area contributed by atoms with Gasteiger partial charge in [0.05, 0.1) is 14.2 Å². The number of methoxy groups -OCH3 is 2. The van der Waals surface area contributed by atoms with Gasteiger partial charge in [-0.2, -0.15) is 0 Å². The summed E-state index contributed by atoms with van der Waals surface area (Å²) in [7, 11) is 5.16. The van der Waals surface area contributed by atoms with Crippen LogP contribution in [0, 0.1) is 5.92 Å². The number of benzene rings is 1. The number of carbonyl (C=O) groups excluding carboxylic acids is 1. The highest BCUT2D eigenvalue weighted by molar-refractivity contribution is 5.95. The first kappa shape index (κ1) is 21.3. The monoisotopic (exact) mass is 368 g/mol. The fourth-order valence-corrected chi connectivity index (χ4v) is 3.36. The molecule has 0 radical (unpaired) electrons. The molecule has 1 saturated heterocycles. The van der Waals surface area contributed by atoms with Crippen LogP contribution in [0.25, 0.3) is 0 Å². The number of ether oxygens (including phenoxy) is 2. The van der Waals surface area contributed by atoms with Crippen molar-refractivity contribution in [3.63, 3.8) is 0 Å². The topological polar surface area (TPSA) is 50.8 Å². The molecule has 1 amide bonds. The van der Waals surface area contributed by atoms with Crippen LogP contribution in [0.15, 0.2) is 24.8 Å². The predicted octanol–water partition coefficient (Wildman–Crippen LogP) is 2.93. The van der Waals surface area contributed by atoms with E-state index in [4.69, 9.17) is 9.47 Å². The van der Waals surface area contributed by atoms with Gasteiger partial charge in [0, 0.05) is 24.2 Å². The van der Waals surface area contributed by atoms with Crippen molar-refractivity contribution < 1.29 is 14.3 Å². The third-order valence-corrected chi connectivity index (χ3v) is 4.47. The van der Waals surface area contributed by atoms with Gasteiger partial charge < -0.3 is 19.7 Å². The van der Waals surface area contributed by atoms with Crippen LogP contribution in [0.3, 0.4) is 0 Å². The van der Waals surface area contributed by atoms with Gasteiger partial charge in [-0.05, 0) is 50.9 Å². The minimum atomic E-state index is 0. The van der Waals surface area contributed by atoms with Crippen LogP contribution in [-0.2, 0) is 6.42 Å². The van der Waals surface area contributed by atoms with Crippen molar-refractivity contribution in [3.05, 3.63) is 35.9 Å². The van der Waals surface area contributed by atoms with Crippen molar-refractivity contribution in [1.29, 1.82) is 0 Å². The number of allylic oxidation sites excluding steroid dienone is 1. The largest absolute Gasteiger partial charge is 0.493 e. The lowest BCUT2D eigenvalue weighted by molar-refractivity contribution is 0.0673. The number of nitrogens with zero attached hydrogens (tertiary/aromatic N) is 1. The number of rotatable bonds is 7. The molecule has 2 rings (SSSR count). The fourth-order valence-electron chi connectivity index (χ4n) is 3.36. The Morgan fingerprint density at radius 2 is 2.16 bits per heavy atom. The zero-order chi connectivity index (χ0) is 17.5. The van der Waals surface area contributed by atoms with Gasteiger partial charge >= 0.3 is 0 Å². The van der Waals surface area contributed by atoms with Gasteiger partial charge in [0.15, 0.2) is 11.5 Å². The summed E-state index contributed by atoms with van der Waals surface area (Å²) in [5, 5.41) is 3.21. The van der Waals surface area contributed by atoms with E-state index in [2.05, 4.69) is 11.9 Å². The van der Waals surface area contributed by atoms with Crippen molar-refractivity contribution in [2.45, 2.75) is 19.3 Å². The van der Waals surface area contributed by atoms with E-state index in [0.717, 1.165) is 38.0 Å². The third-order valence-electron chi connectivity index (χ3n) is 4.47. The van der Waals surface area contributed by atoms with Crippen molar-refractivity contribution in [2.24, 2.45) is 5.92 Å². The summed E-state index contributed by atoms with van der Waals surface area (Å²) in [6.07, 6.45) is 4.64. The van der Waals surface area contributed by atoms with Crippen LogP contribution in [0.5, 0.6) is 11.5 Å². The van der Waals surface area contributed by atoms with E-state index in [1.54, 1.807) is 26.4 Å². The Kier molecular flexibility index (Phi) is 8.79. The van der Waals surface area contributed by atoms with Crippen molar-refractivity contribution in [2.75, 3.05) is 40.9 Å². The maximum absolute atomic E-state index is 13.0. The summed E-state index contributed by atoms with van der Waals surface area (Å²) in [6.45, 7) is 6.33. The first-order valence-corrected chi connectivity index (χ1v) is 8.44. The van der Waals surface area contributed by atoms with Gasteiger partial charge in [0.25, 0.3) is 5.91 Å². The van der Waals surface area contributed by atoms with E-state index in [-0.39, 0.29) is 18.3 Å². The Labute approximate surface area is 156 Å². The van der Waals surface area contributed by atoms with Crippen molar-refractivity contribution >= 4 is 18.3 Å². The molecule has 1 unspecified atom stereocenters. The Morgan fingerprint density at radius 3 is 2.76 bits per heavy atom. The molecule has 1 aliphatic rings. The Balaban J connectivity index is 0.00000312. The molecule has 0 saturated carbocycles. The number of halogens is 1. The minimum absolute atomic E-state index is 0. The summed E-state index contributed by atoms with van der Waals surface area (Å²) in [5.74, 6) is 1.83. The van der Waals surface area contributed by atoms with Crippen molar-refractivity contribution in [3.8, 4) is 11.5 Å². The van der Waals surface area contributed by atoms with E-state index >= 15 is 0 Å². The van der Waals surface area contributed by atoms with E-state index < -0.39 is 0 Å². The summed E-state index contributed by atoms with van der Waals surface area (Å²) in [6, 6.07) is 3.67. The highest BCUT2D eigenvalue weighted by Gasteiger charge is 2.25. The highest BCUT2D eigenvalue weighted by atomic mass is 35.5. The van der Waals surface area contributed by atoms with E-state index in [9.17, 15) is 4.79 Å². The zero-order valence-electron chi connectivity index (χ0n) is 15.3. The van der Waals surface area contributed by atoms with Gasteiger partial charge in [0.2, 0.25) is 0 Å². The van der Waals surface area contributed by atoms with Gasteiger partial charge in [-0.25, -0.2) is 0 Å². The fraction of sp³-hybridized carbons (Fsp3) is 0.526. The highest BCUT2D eigenvalue weighted by Crippen LogP contribution is 2.34. The second-order valence-electron chi connectivity index (χ2n) is 6.18. The number of hydrogen-bond acceptors (Lipinski definition) is 4. The average molecular weight is 369 g/mol. The summed E-state index contributed by atoms with van der Waals surface area (Å²) in [5.41, 5.74) is 1.56. The second-order valence-corrected chi connectivity index (χ2v) is 6.18.